The predicted octanol–water partition coefficient (Wildman–Crippen LogP) is 3.05. The van der Waals surface area contributed by atoms with Crippen LogP contribution in [0.15, 0.2) is 27.4 Å². The lowest BCUT2D eigenvalue weighted by Crippen LogP contribution is -2.16. The summed E-state index contributed by atoms with van der Waals surface area (Å²) in [6.07, 6.45) is -4.68. The maximum absolute atomic E-state index is 13.0. The average Bonchev–Trinajstić information content (AvgIpc) is 2.28. The summed E-state index contributed by atoms with van der Waals surface area (Å²) < 4.78 is 48.5. The molecule has 1 heterocycles. The Hall–Kier alpha value is -2.31. The first-order chi connectivity index (χ1) is 9.20. The maximum Gasteiger partial charge on any atom is 0.417 e. The van der Waals surface area contributed by atoms with Gasteiger partial charge in [0.2, 0.25) is 0 Å². The Morgan fingerprint density at radius 3 is 2.50 bits per heavy atom. The van der Waals surface area contributed by atoms with Crippen molar-refractivity contribution in [2.24, 2.45) is 0 Å². The molecule has 0 aliphatic rings. The van der Waals surface area contributed by atoms with Crippen molar-refractivity contribution in [2.45, 2.75) is 20.0 Å². The highest BCUT2D eigenvalue weighted by Crippen LogP contribution is 2.36. The van der Waals surface area contributed by atoms with Crippen LogP contribution in [0.4, 0.5) is 13.2 Å². The number of halogens is 3. The molecule has 106 valence electrons. The number of carbonyl (C=O) groups is 1. The molecule has 4 nitrogen and oxygen atoms in total. The first kappa shape index (κ1) is 14.1. The van der Waals surface area contributed by atoms with E-state index in [-0.39, 0.29) is 16.7 Å². The Balaban J connectivity index is 2.77. The third-order valence-electron chi connectivity index (χ3n) is 2.65. The lowest BCUT2D eigenvalue weighted by molar-refractivity contribution is -0.137. The molecule has 2 rings (SSSR count). The predicted molar refractivity (Wildman–Crippen MR) is 63.5 cm³/mol. The zero-order valence-electron chi connectivity index (χ0n) is 10.5. The summed E-state index contributed by atoms with van der Waals surface area (Å²) in [5.41, 5.74) is -2.92. The monoisotopic (exact) mass is 286 g/mol. The molecule has 0 amide bonds. The molecule has 0 fully saturated rings. The largest absolute Gasteiger partial charge is 0.427 e. The number of hydrogen-bond acceptors (Lipinski definition) is 4. The van der Waals surface area contributed by atoms with Crippen molar-refractivity contribution in [3.8, 4) is 5.75 Å². The van der Waals surface area contributed by atoms with Crippen molar-refractivity contribution in [2.75, 3.05) is 0 Å². The zero-order valence-corrected chi connectivity index (χ0v) is 10.5. The lowest BCUT2D eigenvalue weighted by Gasteiger charge is -2.12. The third-order valence-corrected chi connectivity index (χ3v) is 2.65. The number of esters is 1. The highest BCUT2D eigenvalue weighted by atomic mass is 19.4. The molecule has 1 aromatic heterocycles. The van der Waals surface area contributed by atoms with Gasteiger partial charge in [-0.25, -0.2) is 4.79 Å². The van der Waals surface area contributed by atoms with E-state index in [9.17, 15) is 22.8 Å². The summed E-state index contributed by atoms with van der Waals surface area (Å²) in [6, 6.07) is 3.39. The Kier molecular flexibility index (Phi) is 3.29. The van der Waals surface area contributed by atoms with E-state index in [4.69, 9.17) is 9.15 Å². The smallest absolute Gasteiger partial charge is 0.417 e. The van der Waals surface area contributed by atoms with Crippen LogP contribution in [0.2, 0.25) is 0 Å². The third kappa shape index (κ3) is 2.52. The Morgan fingerprint density at radius 1 is 1.30 bits per heavy atom. The molecule has 0 saturated carbocycles. The summed E-state index contributed by atoms with van der Waals surface area (Å²) in [7, 11) is 0. The second-order valence-electron chi connectivity index (χ2n) is 4.14. The Bertz CT molecular complexity index is 744. The van der Waals surface area contributed by atoms with Gasteiger partial charge in [-0.05, 0) is 19.1 Å². The highest BCUT2D eigenvalue weighted by Gasteiger charge is 2.36. The van der Waals surface area contributed by atoms with Crippen LogP contribution in [-0.2, 0) is 11.0 Å². The average molecular weight is 286 g/mol. The molecular weight excluding hydrogens is 277 g/mol. The summed E-state index contributed by atoms with van der Waals surface area (Å²) in [5.74, 6) is -0.625. The highest BCUT2D eigenvalue weighted by molar-refractivity contribution is 5.84. The van der Waals surface area contributed by atoms with Gasteiger partial charge in [0.25, 0.3) is 0 Å². The summed E-state index contributed by atoms with van der Waals surface area (Å²) in [4.78, 5) is 22.3. The van der Waals surface area contributed by atoms with Gasteiger partial charge in [0, 0.05) is 23.9 Å². The van der Waals surface area contributed by atoms with E-state index in [1.54, 1.807) is 0 Å². The summed E-state index contributed by atoms with van der Waals surface area (Å²) in [6.45, 7) is 2.20. The van der Waals surface area contributed by atoms with Crippen LogP contribution < -0.4 is 10.4 Å². The van der Waals surface area contributed by atoms with Gasteiger partial charge in [-0.1, -0.05) is 0 Å². The lowest BCUT2D eigenvalue weighted by atomic mass is 10.0. The maximum atomic E-state index is 13.0. The molecular formula is C13H9F3O4. The van der Waals surface area contributed by atoms with Crippen LogP contribution in [0.1, 0.15) is 18.1 Å². The number of hydrogen-bond donors (Lipinski definition) is 0. The molecule has 1 aromatic carbocycles. The van der Waals surface area contributed by atoms with Crippen molar-refractivity contribution in [1.29, 1.82) is 0 Å². The van der Waals surface area contributed by atoms with E-state index in [0.29, 0.717) is 0 Å². The first-order valence-corrected chi connectivity index (χ1v) is 5.53. The van der Waals surface area contributed by atoms with Crippen LogP contribution >= 0.6 is 0 Å². The van der Waals surface area contributed by atoms with Gasteiger partial charge in [0.05, 0.1) is 5.56 Å². The van der Waals surface area contributed by atoms with Crippen LogP contribution in [0, 0.1) is 6.92 Å². The molecule has 0 aliphatic heterocycles. The summed E-state index contributed by atoms with van der Waals surface area (Å²) in [5, 5.41) is -0.259. The minimum atomic E-state index is -4.68. The molecule has 2 aromatic rings. The molecule has 0 spiro atoms. The fourth-order valence-electron chi connectivity index (χ4n) is 1.87. The van der Waals surface area contributed by atoms with Crippen molar-refractivity contribution < 1.29 is 27.1 Å². The van der Waals surface area contributed by atoms with Gasteiger partial charge >= 0.3 is 17.8 Å². The number of benzene rings is 1. The van der Waals surface area contributed by atoms with Gasteiger partial charge < -0.3 is 9.15 Å². The van der Waals surface area contributed by atoms with Crippen molar-refractivity contribution in [3.63, 3.8) is 0 Å². The quantitative estimate of drug-likeness (QED) is 0.459. The molecule has 7 heteroatoms. The fourth-order valence-corrected chi connectivity index (χ4v) is 1.87. The van der Waals surface area contributed by atoms with Crippen molar-refractivity contribution in [1.82, 2.24) is 0 Å². The second kappa shape index (κ2) is 4.66. The topological polar surface area (TPSA) is 56.5 Å². The van der Waals surface area contributed by atoms with Crippen LogP contribution in [0.5, 0.6) is 5.75 Å². The number of alkyl halides is 3. The molecule has 0 aliphatic carbocycles. The van der Waals surface area contributed by atoms with Gasteiger partial charge in [0.1, 0.15) is 11.3 Å². The molecule has 0 unspecified atom stereocenters. The number of rotatable bonds is 1. The van der Waals surface area contributed by atoms with E-state index in [1.165, 1.54) is 6.07 Å². The molecule has 0 N–H and O–H groups in total. The Labute approximate surface area is 110 Å². The normalized spacial score (nSPS) is 11.7. The van der Waals surface area contributed by atoms with Crippen molar-refractivity contribution in [3.05, 3.63) is 39.7 Å². The van der Waals surface area contributed by atoms with Crippen LogP contribution in [-0.4, -0.2) is 5.97 Å². The molecule has 0 atom stereocenters. The molecule has 20 heavy (non-hydrogen) atoms. The van der Waals surface area contributed by atoms with E-state index in [0.717, 1.165) is 26.0 Å². The van der Waals surface area contributed by atoms with E-state index in [1.807, 2.05) is 0 Å². The van der Waals surface area contributed by atoms with Gasteiger partial charge in [0.15, 0.2) is 0 Å². The number of fused-ring (bicyclic) bond motifs is 1. The minimum absolute atomic E-state index is 0.00475. The van der Waals surface area contributed by atoms with E-state index >= 15 is 0 Å². The second-order valence-corrected chi connectivity index (χ2v) is 4.14. The summed E-state index contributed by atoms with van der Waals surface area (Å²) >= 11 is 0. The standard InChI is InChI=1S/C13H9F3O4/c1-6-11(13(14,15)16)9-4-3-8(19-7(2)17)5-10(9)20-12(6)18/h3-5H,1-2H3. The van der Waals surface area contributed by atoms with Gasteiger partial charge in [-0.3, -0.25) is 4.79 Å². The van der Waals surface area contributed by atoms with Gasteiger partial charge in [-0.15, -0.1) is 0 Å². The van der Waals surface area contributed by atoms with E-state index in [2.05, 4.69) is 0 Å². The molecule has 0 radical (unpaired) electrons. The van der Waals surface area contributed by atoms with E-state index < -0.39 is 28.9 Å². The van der Waals surface area contributed by atoms with Crippen molar-refractivity contribution >= 4 is 16.9 Å². The Morgan fingerprint density at radius 2 is 1.95 bits per heavy atom. The van der Waals surface area contributed by atoms with Crippen LogP contribution in [0.25, 0.3) is 11.0 Å². The molecule has 0 bridgehead atoms. The SMILES string of the molecule is CC(=O)Oc1ccc2c(C(F)(F)F)c(C)c(=O)oc2c1. The zero-order chi connectivity index (χ0) is 15.1. The minimum Gasteiger partial charge on any atom is -0.427 e. The number of ether oxygens (including phenoxy) is 1. The fraction of sp³-hybridized carbons (Fsp3) is 0.231. The van der Waals surface area contributed by atoms with Crippen LogP contribution in [0.3, 0.4) is 0 Å². The molecule has 0 saturated heterocycles. The first-order valence-electron chi connectivity index (χ1n) is 5.53. The number of carbonyl (C=O) groups excluding carboxylic acids is 1. The van der Waals surface area contributed by atoms with Gasteiger partial charge in [-0.2, -0.15) is 13.2 Å².